The van der Waals surface area contributed by atoms with Crippen LogP contribution >= 0.6 is 0 Å². The van der Waals surface area contributed by atoms with Crippen molar-refractivity contribution in [1.29, 1.82) is 0 Å². The van der Waals surface area contributed by atoms with Gasteiger partial charge in [-0.05, 0) is 32.0 Å². The summed E-state index contributed by atoms with van der Waals surface area (Å²) < 4.78 is 4.73. The fourth-order valence-electron chi connectivity index (χ4n) is 2.95. The van der Waals surface area contributed by atoms with Crippen molar-refractivity contribution in [2.45, 2.75) is 38.1 Å². The van der Waals surface area contributed by atoms with Gasteiger partial charge in [-0.25, -0.2) is 4.79 Å². The number of carbonyl (C=O) groups is 2. The Morgan fingerprint density at radius 3 is 2.59 bits per heavy atom. The first-order valence-electron chi connectivity index (χ1n) is 7.79. The largest absolute Gasteiger partial charge is 0.465 e. The molecule has 1 aliphatic rings. The lowest BCUT2D eigenvalue weighted by molar-refractivity contribution is -0.117. The summed E-state index contributed by atoms with van der Waals surface area (Å²) in [5, 5.41) is 2.81. The molecule has 1 N–H and O–H groups in total. The molecular weight excluding hydrogens is 280 g/mol. The molecule has 1 aromatic carbocycles. The lowest BCUT2D eigenvalue weighted by atomic mass is 9.94. The van der Waals surface area contributed by atoms with Crippen LogP contribution in [0, 0.1) is 0 Å². The minimum absolute atomic E-state index is 0.107. The summed E-state index contributed by atoms with van der Waals surface area (Å²) in [7, 11) is 3.32. The van der Waals surface area contributed by atoms with Gasteiger partial charge in [-0.15, -0.1) is 0 Å². The van der Waals surface area contributed by atoms with Gasteiger partial charge in [0, 0.05) is 6.04 Å². The number of esters is 1. The quantitative estimate of drug-likeness (QED) is 0.850. The van der Waals surface area contributed by atoms with Crippen LogP contribution in [0.25, 0.3) is 0 Å². The van der Waals surface area contributed by atoms with Gasteiger partial charge in [0.2, 0.25) is 5.91 Å². The third kappa shape index (κ3) is 4.31. The molecule has 0 atom stereocenters. The van der Waals surface area contributed by atoms with Crippen LogP contribution < -0.4 is 5.32 Å². The number of likely N-dealkylation sites (N-methyl/N-ethyl adjacent to an activating group) is 1. The molecule has 0 saturated heterocycles. The van der Waals surface area contributed by atoms with Crippen LogP contribution in [-0.2, 0) is 9.53 Å². The van der Waals surface area contributed by atoms with Gasteiger partial charge in [0.05, 0.1) is 24.9 Å². The number of amides is 1. The third-order valence-electron chi connectivity index (χ3n) is 4.20. The molecule has 1 aliphatic carbocycles. The van der Waals surface area contributed by atoms with Crippen LogP contribution in [0.1, 0.15) is 42.5 Å². The zero-order valence-corrected chi connectivity index (χ0v) is 13.3. The molecule has 120 valence electrons. The molecule has 5 heteroatoms. The van der Waals surface area contributed by atoms with Gasteiger partial charge in [0.1, 0.15) is 0 Å². The number of hydrogen-bond donors (Lipinski definition) is 1. The van der Waals surface area contributed by atoms with E-state index >= 15 is 0 Å². The Hall–Kier alpha value is -1.88. The predicted octanol–water partition coefficient (Wildman–Crippen LogP) is 2.68. The smallest absolute Gasteiger partial charge is 0.339 e. The topological polar surface area (TPSA) is 58.6 Å². The van der Waals surface area contributed by atoms with Crippen molar-refractivity contribution in [2.75, 3.05) is 26.0 Å². The molecule has 0 spiro atoms. The molecule has 5 nitrogen and oxygen atoms in total. The highest BCUT2D eigenvalue weighted by atomic mass is 16.5. The maximum atomic E-state index is 12.2. The molecule has 0 heterocycles. The van der Waals surface area contributed by atoms with Gasteiger partial charge in [0.25, 0.3) is 0 Å². The molecule has 1 saturated carbocycles. The van der Waals surface area contributed by atoms with E-state index in [1.54, 1.807) is 24.3 Å². The highest BCUT2D eigenvalue weighted by Gasteiger charge is 2.20. The average molecular weight is 304 g/mol. The third-order valence-corrected chi connectivity index (χ3v) is 4.20. The van der Waals surface area contributed by atoms with E-state index < -0.39 is 5.97 Å². The highest BCUT2D eigenvalue weighted by molar-refractivity contribution is 6.01. The van der Waals surface area contributed by atoms with Gasteiger partial charge in [-0.2, -0.15) is 0 Å². The lowest BCUT2D eigenvalue weighted by Gasteiger charge is -2.30. The Bertz CT molecular complexity index is 524. The van der Waals surface area contributed by atoms with Crippen molar-refractivity contribution in [3.05, 3.63) is 29.8 Å². The number of nitrogens with zero attached hydrogens (tertiary/aromatic N) is 1. The maximum Gasteiger partial charge on any atom is 0.339 e. The van der Waals surface area contributed by atoms with Crippen molar-refractivity contribution in [2.24, 2.45) is 0 Å². The van der Waals surface area contributed by atoms with E-state index in [2.05, 4.69) is 10.2 Å². The fraction of sp³-hybridized carbons (Fsp3) is 0.529. The number of anilines is 1. The van der Waals surface area contributed by atoms with Crippen molar-refractivity contribution in [1.82, 2.24) is 4.90 Å². The molecule has 1 aromatic rings. The predicted molar refractivity (Wildman–Crippen MR) is 85.9 cm³/mol. The van der Waals surface area contributed by atoms with Crippen LogP contribution in [0.4, 0.5) is 5.69 Å². The second-order valence-corrected chi connectivity index (χ2v) is 5.79. The van der Waals surface area contributed by atoms with E-state index in [0.29, 0.717) is 23.8 Å². The van der Waals surface area contributed by atoms with Gasteiger partial charge in [-0.1, -0.05) is 31.4 Å². The number of ether oxygens (including phenoxy) is 1. The van der Waals surface area contributed by atoms with Crippen LogP contribution in [0.3, 0.4) is 0 Å². The number of carbonyl (C=O) groups excluding carboxylic acids is 2. The van der Waals surface area contributed by atoms with Crippen LogP contribution in [-0.4, -0.2) is 43.5 Å². The normalized spacial score (nSPS) is 15.6. The second-order valence-electron chi connectivity index (χ2n) is 5.79. The van der Waals surface area contributed by atoms with E-state index in [0.717, 1.165) is 12.8 Å². The summed E-state index contributed by atoms with van der Waals surface area (Å²) in [6.45, 7) is 0.334. The lowest BCUT2D eigenvalue weighted by Crippen LogP contribution is -2.39. The Morgan fingerprint density at radius 1 is 1.23 bits per heavy atom. The van der Waals surface area contributed by atoms with Crippen molar-refractivity contribution in [3.8, 4) is 0 Å². The molecule has 1 fully saturated rings. The molecule has 0 aromatic heterocycles. The zero-order chi connectivity index (χ0) is 15.9. The summed E-state index contributed by atoms with van der Waals surface area (Å²) in [5.74, 6) is -0.555. The van der Waals surface area contributed by atoms with Gasteiger partial charge >= 0.3 is 5.97 Å². The van der Waals surface area contributed by atoms with E-state index in [1.165, 1.54) is 26.4 Å². The summed E-state index contributed by atoms with van der Waals surface area (Å²) in [4.78, 5) is 26.0. The molecule has 0 bridgehead atoms. The van der Waals surface area contributed by atoms with E-state index in [9.17, 15) is 9.59 Å². The molecule has 2 rings (SSSR count). The molecule has 1 amide bonds. The SMILES string of the molecule is COC(=O)c1ccccc1NC(=O)CN(C)C1CCCCC1. The molecular formula is C17H24N2O3. The molecule has 22 heavy (non-hydrogen) atoms. The number of nitrogens with one attached hydrogen (secondary N) is 1. The van der Waals surface area contributed by atoms with Crippen LogP contribution in [0.2, 0.25) is 0 Å². The van der Waals surface area contributed by atoms with Crippen molar-refractivity contribution in [3.63, 3.8) is 0 Å². The first kappa shape index (κ1) is 16.5. The number of methoxy groups -OCH3 is 1. The minimum atomic E-state index is -0.448. The Balaban J connectivity index is 1.95. The summed E-state index contributed by atoms with van der Waals surface area (Å²) in [5.41, 5.74) is 0.870. The highest BCUT2D eigenvalue weighted by Crippen LogP contribution is 2.21. The number of hydrogen-bond acceptors (Lipinski definition) is 4. The van der Waals surface area contributed by atoms with E-state index in [-0.39, 0.29) is 5.91 Å². The Labute approximate surface area is 131 Å². The molecule has 0 unspecified atom stereocenters. The Morgan fingerprint density at radius 2 is 1.91 bits per heavy atom. The van der Waals surface area contributed by atoms with E-state index in [4.69, 9.17) is 4.74 Å². The standard InChI is InChI=1S/C17H24N2O3/c1-19(13-8-4-3-5-9-13)12-16(20)18-15-11-7-6-10-14(15)17(21)22-2/h6-7,10-11,13H,3-5,8-9,12H2,1-2H3,(H,18,20). The molecule has 0 radical (unpaired) electrons. The van der Waals surface area contributed by atoms with Crippen molar-refractivity contribution >= 4 is 17.6 Å². The first-order chi connectivity index (χ1) is 10.6. The zero-order valence-electron chi connectivity index (χ0n) is 13.3. The summed E-state index contributed by atoms with van der Waals surface area (Å²) in [6, 6.07) is 7.37. The minimum Gasteiger partial charge on any atom is -0.465 e. The Kier molecular flexibility index (Phi) is 5.95. The summed E-state index contributed by atoms with van der Waals surface area (Å²) in [6.07, 6.45) is 6.08. The fourth-order valence-corrected chi connectivity index (χ4v) is 2.95. The van der Waals surface area contributed by atoms with Crippen LogP contribution in [0.15, 0.2) is 24.3 Å². The average Bonchev–Trinajstić information content (AvgIpc) is 2.55. The number of benzene rings is 1. The number of para-hydroxylation sites is 1. The van der Waals surface area contributed by atoms with Crippen LogP contribution in [0.5, 0.6) is 0 Å². The molecule has 0 aliphatic heterocycles. The van der Waals surface area contributed by atoms with Gasteiger partial charge in [-0.3, -0.25) is 9.69 Å². The summed E-state index contributed by atoms with van der Waals surface area (Å²) >= 11 is 0. The van der Waals surface area contributed by atoms with Crippen molar-refractivity contribution < 1.29 is 14.3 Å². The second kappa shape index (κ2) is 7.94. The monoisotopic (exact) mass is 304 g/mol. The number of rotatable bonds is 5. The van der Waals surface area contributed by atoms with Gasteiger partial charge < -0.3 is 10.1 Å². The van der Waals surface area contributed by atoms with E-state index in [1.807, 2.05) is 7.05 Å². The maximum absolute atomic E-state index is 12.2. The first-order valence-corrected chi connectivity index (χ1v) is 7.79. The van der Waals surface area contributed by atoms with Gasteiger partial charge in [0.15, 0.2) is 0 Å².